The van der Waals surface area contributed by atoms with E-state index in [4.69, 9.17) is 10.8 Å². The van der Waals surface area contributed by atoms with E-state index in [2.05, 4.69) is 10.3 Å². The largest absolute Gasteiger partial charge is 0.480 e. The zero-order valence-electron chi connectivity index (χ0n) is 8.40. The maximum atomic E-state index is 11.7. The number of rotatable bonds is 3. The van der Waals surface area contributed by atoms with Gasteiger partial charge >= 0.3 is 5.97 Å². The third kappa shape index (κ3) is 1.73. The third-order valence-corrected chi connectivity index (χ3v) is 3.40. The van der Waals surface area contributed by atoms with Gasteiger partial charge in [0.15, 0.2) is 5.13 Å². The highest BCUT2D eigenvalue weighted by molar-refractivity contribution is 7.13. The van der Waals surface area contributed by atoms with Gasteiger partial charge in [-0.2, -0.15) is 0 Å². The van der Waals surface area contributed by atoms with E-state index in [-0.39, 0.29) is 5.69 Å². The number of nitrogens with zero attached hydrogens (tertiary/aromatic N) is 1. The van der Waals surface area contributed by atoms with Crippen molar-refractivity contribution in [2.45, 2.75) is 24.8 Å². The predicted molar refractivity (Wildman–Crippen MR) is 58.2 cm³/mol. The molecule has 0 radical (unpaired) electrons. The number of thiazole rings is 1. The molecule has 16 heavy (non-hydrogen) atoms. The van der Waals surface area contributed by atoms with Crippen molar-refractivity contribution in [3.8, 4) is 0 Å². The fourth-order valence-electron chi connectivity index (χ4n) is 1.60. The minimum atomic E-state index is -1.10. The van der Waals surface area contributed by atoms with Crippen LogP contribution in [0.4, 0.5) is 5.13 Å². The molecule has 1 fully saturated rings. The lowest BCUT2D eigenvalue weighted by Gasteiger charge is -2.37. The normalized spacial score (nSPS) is 17.5. The van der Waals surface area contributed by atoms with Gasteiger partial charge in [-0.25, -0.2) is 9.78 Å². The maximum Gasteiger partial charge on any atom is 0.329 e. The van der Waals surface area contributed by atoms with Crippen LogP contribution in [0, 0.1) is 0 Å². The first kappa shape index (κ1) is 10.9. The Morgan fingerprint density at radius 2 is 2.25 bits per heavy atom. The molecule has 0 saturated heterocycles. The lowest BCUT2D eigenvalue weighted by molar-refractivity contribution is -0.148. The van der Waals surface area contributed by atoms with Crippen LogP contribution in [0.5, 0.6) is 0 Å². The summed E-state index contributed by atoms with van der Waals surface area (Å²) < 4.78 is 0. The van der Waals surface area contributed by atoms with Gasteiger partial charge in [0.1, 0.15) is 11.2 Å². The van der Waals surface area contributed by atoms with E-state index >= 15 is 0 Å². The average molecular weight is 241 g/mol. The van der Waals surface area contributed by atoms with Crippen LogP contribution in [0.15, 0.2) is 5.38 Å². The summed E-state index contributed by atoms with van der Waals surface area (Å²) in [5, 5.41) is 13.3. The molecule has 86 valence electrons. The highest BCUT2D eigenvalue weighted by atomic mass is 32.1. The smallest absolute Gasteiger partial charge is 0.329 e. The molecular formula is C9H11N3O3S. The summed E-state index contributed by atoms with van der Waals surface area (Å²) in [6.45, 7) is 0. The van der Waals surface area contributed by atoms with Crippen LogP contribution < -0.4 is 11.1 Å². The molecule has 1 aromatic heterocycles. The van der Waals surface area contributed by atoms with Gasteiger partial charge in [0.2, 0.25) is 0 Å². The Morgan fingerprint density at radius 3 is 2.62 bits per heavy atom. The van der Waals surface area contributed by atoms with Gasteiger partial charge in [0.05, 0.1) is 0 Å². The van der Waals surface area contributed by atoms with Crippen molar-refractivity contribution < 1.29 is 14.7 Å². The molecule has 7 heteroatoms. The van der Waals surface area contributed by atoms with Gasteiger partial charge in [0, 0.05) is 5.38 Å². The topological polar surface area (TPSA) is 105 Å². The second kappa shape index (κ2) is 3.75. The number of hydrogen-bond acceptors (Lipinski definition) is 5. The van der Waals surface area contributed by atoms with Crippen molar-refractivity contribution in [2.75, 3.05) is 5.73 Å². The van der Waals surface area contributed by atoms with E-state index < -0.39 is 17.4 Å². The van der Waals surface area contributed by atoms with Crippen LogP contribution in [-0.2, 0) is 4.79 Å². The van der Waals surface area contributed by atoms with Crippen molar-refractivity contribution >= 4 is 28.3 Å². The lowest BCUT2D eigenvalue weighted by atomic mass is 9.76. The molecule has 6 nitrogen and oxygen atoms in total. The van der Waals surface area contributed by atoms with Gasteiger partial charge in [-0.05, 0) is 19.3 Å². The van der Waals surface area contributed by atoms with E-state index in [1.54, 1.807) is 0 Å². The average Bonchev–Trinajstić information content (AvgIpc) is 2.57. The van der Waals surface area contributed by atoms with Crippen molar-refractivity contribution in [3.05, 3.63) is 11.1 Å². The van der Waals surface area contributed by atoms with Gasteiger partial charge in [-0.15, -0.1) is 11.3 Å². The summed E-state index contributed by atoms with van der Waals surface area (Å²) in [4.78, 5) is 26.5. The Labute approximate surface area is 95.5 Å². The van der Waals surface area contributed by atoms with Crippen molar-refractivity contribution in [3.63, 3.8) is 0 Å². The number of aliphatic carboxylic acids is 1. The Bertz CT molecular complexity index is 439. The molecule has 1 saturated carbocycles. The Hall–Kier alpha value is -1.63. The quantitative estimate of drug-likeness (QED) is 0.713. The minimum Gasteiger partial charge on any atom is -0.480 e. The Balaban J connectivity index is 2.10. The number of carbonyl (C=O) groups is 2. The van der Waals surface area contributed by atoms with Crippen LogP contribution >= 0.6 is 11.3 Å². The molecule has 1 aliphatic carbocycles. The first-order valence-electron chi connectivity index (χ1n) is 4.80. The summed E-state index contributed by atoms with van der Waals surface area (Å²) in [5.41, 5.74) is 4.47. The molecule has 1 heterocycles. The minimum absolute atomic E-state index is 0.176. The van der Waals surface area contributed by atoms with Gasteiger partial charge < -0.3 is 16.2 Å². The maximum absolute atomic E-state index is 11.7. The van der Waals surface area contributed by atoms with E-state index in [0.29, 0.717) is 18.0 Å². The van der Waals surface area contributed by atoms with Crippen molar-refractivity contribution in [2.24, 2.45) is 0 Å². The fourth-order valence-corrected chi connectivity index (χ4v) is 2.14. The van der Waals surface area contributed by atoms with Gasteiger partial charge in [-0.3, -0.25) is 4.79 Å². The van der Waals surface area contributed by atoms with E-state index in [1.165, 1.54) is 5.38 Å². The Kier molecular flexibility index (Phi) is 2.55. The third-order valence-electron chi connectivity index (χ3n) is 2.72. The number of amides is 1. The number of hydrogen-bond donors (Lipinski definition) is 3. The number of carboxylic acid groups (broad SMARTS) is 1. The summed E-state index contributed by atoms with van der Waals surface area (Å²) in [6.07, 6.45) is 1.74. The molecule has 0 spiro atoms. The fraction of sp³-hybridized carbons (Fsp3) is 0.444. The van der Waals surface area contributed by atoms with Gasteiger partial charge in [-0.1, -0.05) is 0 Å². The number of aromatic nitrogens is 1. The molecule has 2 rings (SSSR count). The van der Waals surface area contributed by atoms with E-state index in [0.717, 1.165) is 17.8 Å². The summed E-state index contributed by atoms with van der Waals surface area (Å²) in [7, 11) is 0. The van der Waals surface area contributed by atoms with Crippen LogP contribution in [0.1, 0.15) is 29.8 Å². The number of carboxylic acids is 1. The zero-order valence-corrected chi connectivity index (χ0v) is 9.21. The van der Waals surface area contributed by atoms with Crippen LogP contribution in [0.25, 0.3) is 0 Å². The van der Waals surface area contributed by atoms with Crippen LogP contribution in [0.2, 0.25) is 0 Å². The van der Waals surface area contributed by atoms with Crippen molar-refractivity contribution in [1.29, 1.82) is 0 Å². The standard InChI is InChI=1S/C9H11N3O3S/c10-8-11-5(4-16-8)6(13)12-9(7(14)15)2-1-3-9/h4H,1-3H2,(H2,10,11)(H,12,13)(H,14,15). The number of anilines is 1. The molecule has 0 bridgehead atoms. The molecule has 1 aromatic rings. The molecule has 0 aliphatic heterocycles. The Morgan fingerprint density at radius 1 is 1.56 bits per heavy atom. The summed E-state index contributed by atoms with van der Waals surface area (Å²) in [5.74, 6) is -1.47. The molecule has 0 aromatic carbocycles. The predicted octanol–water partition coefficient (Wildman–Crippen LogP) is 0.462. The molecule has 0 atom stereocenters. The summed E-state index contributed by atoms with van der Waals surface area (Å²) >= 11 is 1.15. The number of carbonyl (C=O) groups excluding carboxylic acids is 1. The van der Waals surface area contributed by atoms with Crippen molar-refractivity contribution in [1.82, 2.24) is 10.3 Å². The monoisotopic (exact) mass is 241 g/mol. The summed E-state index contributed by atoms with van der Waals surface area (Å²) in [6, 6.07) is 0. The zero-order chi connectivity index (χ0) is 11.8. The van der Waals surface area contributed by atoms with Gasteiger partial charge in [0.25, 0.3) is 5.91 Å². The molecular weight excluding hydrogens is 230 g/mol. The second-order valence-corrected chi connectivity index (χ2v) is 4.66. The lowest BCUT2D eigenvalue weighted by Crippen LogP contribution is -2.59. The number of nitrogens with one attached hydrogen (secondary N) is 1. The van der Waals surface area contributed by atoms with Crippen LogP contribution in [-0.4, -0.2) is 27.5 Å². The number of nitrogen functional groups attached to an aromatic ring is 1. The SMILES string of the molecule is Nc1nc(C(=O)NC2(C(=O)O)CCC2)cs1. The molecule has 4 N–H and O–H groups in total. The molecule has 1 aliphatic rings. The van der Waals surface area contributed by atoms with E-state index in [1.807, 2.05) is 0 Å². The number of nitrogens with two attached hydrogens (primary N) is 1. The van der Waals surface area contributed by atoms with Crippen LogP contribution in [0.3, 0.4) is 0 Å². The highest BCUT2D eigenvalue weighted by Crippen LogP contribution is 2.32. The highest BCUT2D eigenvalue weighted by Gasteiger charge is 2.46. The second-order valence-electron chi connectivity index (χ2n) is 3.77. The van der Waals surface area contributed by atoms with E-state index in [9.17, 15) is 9.59 Å². The first-order chi connectivity index (χ1) is 7.53. The first-order valence-corrected chi connectivity index (χ1v) is 5.68. The molecule has 1 amide bonds. The molecule has 0 unspecified atom stereocenters.